The van der Waals surface area contributed by atoms with Gasteiger partial charge >= 0.3 is 0 Å². The molecule has 2 atom stereocenters. The zero-order chi connectivity index (χ0) is 16.4. The van der Waals surface area contributed by atoms with Crippen molar-refractivity contribution in [2.45, 2.75) is 25.2 Å². The molecule has 124 valence electrons. The topological polar surface area (TPSA) is 45.6 Å². The monoisotopic (exact) mass is 340 g/mol. The third kappa shape index (κ3) is 3.43. The van der Waals surface area contributed by atoms with Crippen LogP contribution in [-0.4, -0.2) is 40.3 Å². The van der Waals surface area contributed by atoms with Crippen molar-refractivity contribution in [2.75, 3.05) is 13.1 Å². The molecule has 1 saturated heterocycles. The van der Waals surface area contributed by atoms with Gasteiger partial charge in [-0.3, -0.25) is 9.88 Å². The Morgan fingerprint density at radius 2 is 2.21 bits per heavy atom. The Labute approximate surface area is 145 Å². The van der Waals surface area contributed by atoms with Crippen LogP contribution >= 0.6 is 11.3 Å². The van der Waals surface area contributed by atoms with E-state index in [0.717, 1.165) is 36.2 Å². The van der Waals surface area contributed by atoms with E-state index in [1.807, 2.05) is 30.3 Å². The molecule has 4 nitrogen and oxygen atoms in total. The van der Waals surface area contributed by atoms with Crippen LogP contribution < -0.4 is 4.74 Å². The number of thiophene rings is 1. The van der Waals surface area contributed by atoms with Crippen LogP contribution in [-0.2, 0) is 6.54 Å². The molecule has 3 heterocycles. The average Bonchev–Trinajstić information content (AvgIpc) is 3.10. The van der Waals surface area contributed by atoms with Crippen molar-refractivity contribution >= 4 is 22.2 Å². The van der Waals surface area contributed by atoms with Crippen molar-refractivity contribution in [3.05, 3.63) is 58.9 Å². The first-order valence-corrected chi connectivity index (χ1v) is 9.10. The molecule has 1 aliphatic rings. The number of likely N-dealkylation sites (tertiary alicyclic amines) is 1. The number of pyridine rings is 1. The molecule has 5 heteroatoms. The molecule has 0 spiro atoms. The van der Waals surface area contributed by atoms with E-state index in [-0.39, 0.29) is 6.10 Å². The van der Waals surface area contributed by atoms with Crippen LogP contribution in [0.1, 0.15) is 11.3 Å². The summed E-state index contributed by atoms with van der Waals surface area (Å²) in [7, 11) is 0. The lowest BCUT2D eigenvalue weighted by atomic mass is 10.0. The van der Waals surface area contributed by atoms with Gasteiger partial charge < -0.3 is 9.84 Å². The summed E-state index contributed by atoms with van der Waals surface area (Å²) in [4.78, 5) is 7.95. The predicted octanol–water partition coefficient (Wildman–Crippen LogP) is 3.31. The molecule has 1 fully saturated rings. The first-order valence-electron chi connectivity index (χ1n) is 8.22. The van der Waals surface area contributed by atoms with Crippen molar-refractivity contribution in [3.8, 4) is 5.75 Å². The van der Waals surface area contributed by atoms with Crippen LogP contribution in [0.3, 0.4) is 0 Å². The highest BCUT2D eigenvalue weighted by Crippen LogP contribution is 2.24. The normalized spacial score (nSPS) is 21.9. The van der Waals surface area contributed by atoms with Crippen molar-refractivity contribution in [2.24, 2.45) is 0 Å². The Balaban J connectivity index is 1.40. The summed E-state index contributed by atoms with van der Waals surface area (Å²) in [5.41, 5.74) is 0.955. The summed E-state index contributed by atoms with van der Waals surface area (Å²) in [5, 5.41) is 13.6. The Hall–Kier alpha value is -1.95. The molecule has 24 heavy (non-hydrogen) atoms. The number of ether oxygens (including phenoxy) is 1. The number of benzene rings is 1. The number of hydrogen-bond acceptors (Lipinski definition) is 5. The molecule has 0 bridgehead atoms. The number of aliphatic hydroxyl groups is 1. The van der Waals surface area contributed by atoms with E-state index in [4.69, 9.17) is 4.74 Å². The molecular weight excluding hydrogens is 320 g/mol. The minimum Gasteiger partial charge on any atom is -0.488 e. The highest BCUT2D eigenvalue weighted by molar-refractivity contribution is 7.09. The number of nitrogens with zero attached hydrogens (tertiary/aromatic N) is 2. The zero-order valence-corrected chi connectivity index (χ0v) is 14.2. The molecule has 0 aliphatic carbocycles. The second kappa shape index (κ2) is 6.89. The van der Waals surface area contributed by atoms with Gasteiger partial charge in [0.05, 0.1) is 5.52 Å². The number of piperidine rings is 1. The first kappa shape index (κ1) is 15.6. The number of aliphatic hydroxyl groups excluding tert-OH is 1. The highest BCUT2D eigenvalue weighted by Gasteiger charge is 2.29. The molecule has 0 radical (unpaired) electrons. The summed E-state index contributed by atoms with van der Waals surface area (Å²) in [6.07, 6.45) is 2.00. The van der Waals surface area contributed by atoms with E-state index in [2.05, 4.69) is 27.4 Å². The fourth-order valence-electron chi connectivity index (χ4n) is 3.18. The lowest BCUT2D eigenvalue weighted by molar-refractivity contribution is -0.0272. The Kier molecular flexibility index (Phi) is 4.47. The highest BCUT2D eigenvalue weighted by atomic mass is 32.1. The summed E-state index contributed by atoms with van der Waals surface area (Å²) < 4.78 is 6.06. The lowest BCUT2D eigenvalue weighted by Crippen LogP contribution is -2.48. The van der Waals surface area contributed by atoms with Gasteiger partial charge in [0, 0.05) is 36.1 Å². The van der Waals surface area contributed by atoms with Crippen molar-refractivity contribution in [3.63, 3.8) is 0 Å². The minimum absolute atomic E-state index is 0.154. The summed E-state index contributed by atoms with van der Waals surface area (Å²) >= 11 is 1.76. The maximum absolute atomic E-state index is 10.5. The second-order valence-electron chi connectivity index (χ2n) is 6.18. The predicted molar refractivity (Wildman–Crippen MR) is 96.4 cm³/mol. The van der Waals surface area contributed by atoms with Crippen LogP contribution in [0.25, 0.3) is 10.9 Å². The lowest BCUT2D eigenvalue weighted by Gasteiger charge is -2.35. The number of β-amino-alcohol motifs (C(OH)–C–C–N with tert-alkyl or cyclic N) is 1. The average molecular weight is 340 g/mol. The fourth-order valence-corrected chi connectivity index (χ4v) is 3.93. The summed E-state index contributed by atoms with van der Waals surface area (Å²) in [6.45, 7) is 2.50. The van der Waals surface area contributed by atoms with Gasteiger partial charge in [-0.2, -0.15) is 0 Å². The number of fused-ring (bicyclic) bond motifs is 1. The molecule has 3 aromatic rings. The molecule has 2 aromatic heterocycles. The quantitative estimate of drug-likeness (QED) is 0.791. The van der Waals surface area contributed by atoms with Gasteiger partial charge in [0.2, 0.25) is 0 Å². The second-order valence-corrected chi connectivity index (χ2v) is 7.22. The van der Waals surface area contributed by atoms with E-state index in [9.17, 15) is 5.11 Å². The number of rotatable bonds is 4. The summed E-state index contributed by atoms with van der Waals surface area (Å²) in [6, 6.07) is 14.0. The summed E-state index contributed by atoms with van der Waals surface area (Å²) in [5.74, 6) is 0.797. The Bertz CT molecular complexity index is 806. The third-order valence-electron chi connectivity index (χ3n) is 4.43. The minimum atomic E-state index is -0.469. The van der Waals surface area contributed by atoms with Gasteiger partial charge in [0.1, 0.15) is 18.0 Å². The SMILES string of the molecule is O[C@@H]1CN(Cc2cccs2)CC[C@H]1Oc1ccc2ncccc2c1. The molecule has 0 saturated carbocycles. The molecule has 1 N–H and O–H groups in total. The molecule has 1 aromatic carbocycles. The van der Waals surface area contributed by atoms with Gasteiger partial charge in [-0.1, -0.05) is 12.1 Å². The van der Waals surface area contributed by atoms with Gasteiger partial charge in [-0.05, 0) is 42.1 Å². The maximum atomic E-state index is 10.5. The zero-order valence-electron chi connectivity index (χ0n) is 13.3. The van der Waals surface area contributed by atoms with E-state index >= 15 is 0 Å². The van der Waals surface area contributed by atoms with Crippen LogP contribution in [0.15, 0.2) is 54.0 Å². The molecule has 0 unspecified atom stereocenters. The largest absolute Gasteiger partial charge is 0.488 e. The van der Waals surface area contributed by atoms with Crippen molar-refractivity contribution < 1.29 is 9.84 Å². The third-order valence-corrected chi connectivity index (χ3v) is 5.29. The van der Waals surface area contributed by atoms with Gasteiger partial charge in [0.15, 0.2) is 0 Å². The Morgan fingerprint density at radius 1 is 1.25 bits per heavy atom. The van der Waals surface area contributed by atoms with Crippen molar-refractivity contribution in [1.29, 1.82) is 0 Å². The number of hydrogen-bond donors (Lipinski definition) is 1. The van der Waals surface area contributed by atoms with Crippen LogP contribution in [0.2, 0.25) is 0 Å². The van der Waals surface area contributed by atoms with E-state index in [1.165, 1.54) is 4.88 Å². The number of aromatic nitrogens is 1. The van der Waals surface area contributed by atoms with E-state index < -0.39 is 6.10 Å². The fraction of sp³-hybridized carbons (Fsp3) is 0.316. The molecule has 1 aliphatic heterocycles. The molecular formula is C19H20N2O2S. The smallest absolute Gasteiger partial charge is 0.127 e. The molecule has 4 rings (SSSR count). The first-order chi connectivity index (χ1) is 11.8. The van der Waals surface area contributed by atoms with E-state index in [1.54, 1.807) is 17.5 Å². The van der Waals surface area contributed by atoms with Gasteiger partial charge in [-0.25, -0.2) is 0 Å². The standard InChI is InChI=1S/C19H20N2O2S/c22-18-13-21(12-16-4-2-10-24-16)9-7-19(18)23-15-5-6-17-14(11-15)3-1-8-20-17/h1-6,8,10-11,18-19,22H,7,9,12-13H2/t18-,19-/m1/s1. The van der Waals surface area contributed by atoms with Crippen LogP contribution in [0, 0.1) is 0 Å². The maximum Gasteiger partial charge on any atom is 0.127 e. The molecule has 0 amide bonds. The van der Waals surface area contributed by atoms with Crippen molar-refractivity contribution in [1.82, 2.24) is 9.88 Å². The van der Waals surface area contributed by atoms with Crippen LogP contribution in [0.4, 0.5) is 0 Å². The van der Waals surface area contributed by atoms with Gasteiger partial charge in [0.25, 0.3) is 0 Å². The van der Waals surface area contributed by atoms with Gasteiger partial charge in [-0.15, -0.1) is 11.3 Å². The van der Waals surface area contributed by atoms with E-state index in [0.29, 0.717) is 6.54 Å². The Morgan fingerprint density at radius 3 is 3.04 bits per heavy atom. The van der Waals surface area contributed by atoms with Crippen LogP contribution in [0.5, 0.6) is 5.75 Å².